The third kappa shape index (κ3) is 5.83. The van der Waals surface area contributed by atoms with Crippen LogP contribution < -0.4 is 4.90 Å². The van der Waals surface area contributed by atoms with Crippen molar-refractivity contribution in [2.75, 3.05) is 31.1 Å². The van der Waals surface area contributed by atoms with Crippen molar-refractivity contribution in [1.29, 1.82) is 0 Å². The van der Waals surface area contributed by atoms with Gasteiger partial charge >= 0.3 is 6.18 Å². The van der Waals surface area contributed by atoms with Gasteiger partial charge in [-0.05, 0) is 49.6 Å². The molecule has 0 aliphatic carbocycles. The normalized spacial score (nSPS) is 15.0. The molecule has 1 fully saturated rings. The summed E-state index contributed by atoms with van der Waals surface area (Å²) in [5.41, 5.74) is 1.99. The predicted molar refractivity (Wildman–Crippen MR) is 112 cm³/mol. The first kappa shape index (κ1) is 22.8. The minimum Gasteiger partial charge on any atom is -0.355 e. The van der Waals surface area contributed by atoms with E-state index in [0.717, 1.165) is 23.4 Å². The summed E-state index contributed by atoms with van der Waals surface area (Å²) in [5, 5.41) is 0. The summed E-state index contributed by atoms with van der Waals surface area (Å²) in [6.07, 6.45) is -2.60. The van der Waals surface area contributed by atoms with Crippen molar-refractivity contribution in [3.05, 3.63) is 58.8 Å². The Kier molecular flexibility index (Phi) is 6.97. The lowest BCUT2D eigenvalue weighted by molar-refractivity contribution is -0.137. The Morgan fingerprint density at radius 3 is 2.39 bits per heavy atom. The van der Waals surface area contributed by atoms with E-state index >= 15 is 0 Å². The van der Waals surface area contributed by atoms with E-state index in [9.17, 15) is 22.8 Å². The largest absolute Gasteiger partial charge is 0.417 e. The summed E-state index contributed by atoms with van der Waals surface area (Å²) in [5.74, 6) is 0.327. The van der Waals surface area contributed by atoms with E-state index in [0.29, 0.717) is 44.0 Å². The van der Waals surface area contributed by atoms with E-state index in [2.05, 4.69) is 4.98 Å². The van der Waals surface area contributed by atoms with Crippen LogP contribution in [0.2, 0.25) is 0 Å². The van der Waals surface area contributed by atoms with Gasteiger partial charge in [0.2, 0.25) is 5.91 Å². The minimum absolute atomic E-state index is 0.0538. The lowest BCUT2D eigenvalue weighted by Gasteiger charge is -2.23. The number of benzene rings is 1. The van der Waals surface area contributed by atoms with Gasteiger partial charge in [0.1, 0.15) is 5.82 Å². The number of Topliss-reactive ketones (excluding diaryl/α,β-unsaturated/α-hetero) is 1. The Hall–Kier alpha value is -2.90. The number of pyridine rings is 1. The summed E-state index contributed by atoms with van der Waals surface area (Å²) in [6, 6.07) is 7.93. The van der Waals surface area contributed by atoms with Crippen LogP contribution in [0.1, 0.15) is 46.3 Å². The number of aromatic nitrogens is 1. The standard InChI is InChI=1S/C23H26F3N3O2/c1-16-4-5-18(14-17(16)2)20(30)7-9-22(31)29-11-3-10-28(12-13-29)21-8-6-19(15-27-21)23(24,25)26/h4-6,8,14-15H,3,7,9-13H2,1-2H3. The van der Waals surface area contributed by atoms with Gasteiger partial charge in [0.25, 0.3) is 0 Å². The van der Waals surface area contributed by atoms with Gasteiger partial charge in [-0.25, -0.2) is 4.98 Å². The summed E-state index contributed by atoms with van der Waals surface area (Å²) in [4.78, 5) is 32.6. The van der Waals surface area contributed by atoms with Crippen molar-refractivity contribution >= 4 is 17.5 Å². The molecule has 0 atom stereocenters. The SMILES string of the molecule is Cc1ccc(C(=O)CCC(=O)N2CCCN(c3ccc(C(F)(F)F)cn3)CC2)cc1C. The lowest BCUT2D eigenvalue weighted by atomic mass is 10.0. The van der Waals surface area contributed by atoms with E-state index in [1.807, 2.05) is 30.9 Å². The van der Waals surface area contributed by atoms with Crippen LogP contribution in [0.25, 0.3) is 0 Å². The molecule has 1 aliphatic heterocycles. The molecule has 1 aliphatic rings. The molecular formula is C23H26F3N3O2. The summed E-state index contributed by atoms with van der Waals surface area (Å²) < 4.78 is 38.2. The topological polar surface area (TPSA) is 53.5 Å². The number of ketones is 1. The van der Waals surface area contributed by atoms with Gasteiger partial charge < -0.3 is 9.80 Å². The van der Waals surface area contributed by atoms with E-state index in [1.54, 1.807) is 11.0 Å². The number of carbonyl (C=O) groups excluding carboxylic acids is 2. The van der Waals surface area contributed by atoms with Gasteiger partial charge in [0, 0.05) is 50.8 Å². The molecule has 1 saturated heterocycles. The second-order valence-corrected chi connectivity index (χ2v) is 7.85. The quantitative estimate of drug-likeness (QED) is 0.655. The fourth-order valence-electron chi connectivity index (χ4n) is 3.57. The zero-order valence-corrected chi connectivity index (χ0v) is 17.7. The molecule has 0 radical (unpaired) electrons. The fraction of sp³-hybridized carbons (Fsp3) is 0.435. The molecule has 166 valence electrons. The second kappa shape index (κ2) is 9.49. The number of aryl methyl sites for hydroxylation is 2. The number of halogens is 3. The van der Waals surface area contributed by atoms with Crippen molar-refractivity contribution in [1.82, 2.24) is 9.88 Å². The molecule has 2 heterocycles. The molecule has 5 nitrogen and oxygen atoms in total. The highest BCUT2D eigenvalue weighted by Gasteiger charge is 2.31. The molecule has 0 N–H and O–H groups in total. The summed E-state index contributed by atoms with van der Waals surface area (Å²) in [7, 11) is 0. The maximum absolute atomic E-state index is 12.7. The van der Waals surface area contributed by atoms with Crippen LogP contribution in [0.15, 0.2) is 36.5 Å². The molecular weight excluding hydrogens is 407 g/mol. The third-order valence-corrected chi connectivity index (χ3v) is 5.64. The Morgan fingerprint density at radius 1 is 0.968 bits per heavy atom. The molecule has 0 saturated carbocycles. The molecule has 0 spiro atoms. The highest BCUT2D eigenvalue weighted by atomic mass is 19.4. The molecule has 1 aromatic carbocycles. The van der Waals surface area contributed by atoms with E-state index in [-0.39, 0.29) is 24.5 Å². The predicted octanol–water partition coefficient (Wildman–Crippen LogP) is 4.42. The molecule has 1 aromatic heterocycles. The number of hydrogen-bond donors (Lipinski definition) is 0. The smallest absolute Gasteiger partial charge is 0.355 e. The minimum atomic E-state index is -4.41. The van der Waals surface area contributed by atoms with Crippen LogP contribution in [0.4, 0.5) is 19.0 Å². The number of rotatable bonds is 5. The number of anilines is 1. The molecule has 8 heteroatoms. The van der Waals surface area contributed by atoms with Crippen LogP contribution in [0, 0.1) is 13.8 Å². The first-order valence-corrected chi connectivity index (χ1v) is 10.3. The maximum atomic E-state index is 12.7. The zero-order chi connectivity index (χ0) is 22.6. The first-order chi connectivity index (χ1) is 14.6. The molecule has 3 rings (SSSR count). The average Bonchev–Trinajstić information content (AvgIpc) is 2.99. The molecule has 1 amide bonds. The van der Waals surface area contributed by atoms with Gasteiger partial charge in [0.15, 0.2) is 5.78 Å². The third-order valence-electron chi connectivity index (χ3n) is 5.64. The van der Waals surface area contributed by atoms with Gasteiger partial charge in [-0.3, -0.25) is 9.59 Å². The molecule has 0 bridgehead atoms. The Bertz CT molecular complexity index is 942. The van der Waals surface area contributed by atoms with Crippen molar-refractivity contribution in [3.63, 3.8) is 0 Å². The molecule has 0 unspecified atom stereocenters. The number of amides is 1. The van der Waals surface area contributed by atoms with Crippen LogP contribution >= 0.6 is 0 Å². The van der Waals surface area contributed by atoms with Gasteiger partial charge in [-0.2, -0.15) is 13.2 Å². The van der Waals surface area contributed by atoms with Gasteiger partial charge in [-0.1, -0.05) is 12.1 Å². The van der Waals surface area contributed by atoms with Gasteiger partial charge in [0.05, 0.1) is 5.56 Å². The van der Waals surface area contributed by atoms with Crippen molar-refractivity contribution < 1.29 is 22.8 Å². The van der Waals surface area contributed by atoms with Crippen molar-refractivity contribution in [3.8, 4) is 0 Å². The lowest BCUT2D eigenvalue weighted by Crippen LogP contribution is -2.35. The van der Waals surface area contributed by atoms with Gasteiger partial charge in [-0.15, -0.1) is 0 Å². The summed E-state index contributed by atoms with van der Waals surface area (Å²) >= 11 is 0. The average molecular weight is 433 g/mol. The zero-order valence-electron chi connectivity index (χ0n) is 17.7. The number of carbonyl (C=O) groups is 2. The molecule has 31 heavy (non-hydrogen) atoms. The van der Waals surface area contributed by atoms with Crippen LogP contribution in [-0.2, 0) is 11.0 Å². The fourth-order valence-corrected chi connectivity index (χ4v) is 3.57. The van der Waals surface area contributed by atoms with E-state index in [4.69, 9.17) is 0 Å². The van der Waals surface area contributed by atoms with E-state index < -0.39 is 11.7 Å². The second-order valence-electron chi connectivity index (χ2n) is 7.85. The summed E-state index contributed by atoms with van der Waals surface area (Å²) in [6.45, 7) is 6.01. The Labute approximate surface area is 179 Å². The monoisotopic (exact) mass is 433 g/mol. The van der Waals surface area contributed by atoms with Crippen LogP contribution in [-0.4, -0.2) is 47.8 Å². The van der Waals surface area contributed by atoms with Crippen LogP contribution in [0.3, 0.4) is 0 Å². The highest BCUT2D eigenvalue weighted by Crippen LogP contribution is 2.29. The maximum Gasteiger partial charge on any atom is 0.417 e. The number of alkyl halides is 3. The van der Waals surface area contributed by atoms with Crippen LogP contribution in [0.5, 0.6) is 0 Å². The number of nitrogens with zero attached hydrogens (tertiary/aromatic N) is 3. The Balaban J connectivity index is 1.53. The van der Waals surface area contributed by atoms with Crippen molar-refractivity contribution in [2.24, 2.45) is 0 Å². The highest BCUT2D eigenvalue weighted by molar-refractivity contribution is 5.98. The first-order valence-electron chi connectivity index (χ1n) is 10.3. The molecule has 2 aromatic rings. The van der Waals surface area contributed by atoms with Crippen molar-refractivity contribution in [2.45, 2.75) is 39.3 Å². The Morgan fingerprint density at radius 2 is 1.74 bits per heavy atom. The van der Waals surface area contributed by atoms with E-state index in [1.165, 1.54) is 6.07 Å². The number of hydrogen-bond acceptors (Lipinski definition) is 4.